The molecule has 2 heteroatoms. The Bertz CT molecular complexity index is 197. The predicted molar refractivity (Wildman–Crippen MR) is 74.3 cm³/mol. The van der Waals surface area contributed by atoms with Crippen LogP contribution < -0.4 is 10.6 Å². The van der Waals surface area contributed by atoms with Crippen molar-refractivity contribution in [2.75, 3.05) is 19.6 Å². The van der Waals surface area contributed by atoms with Gasteiger partial charge in [0, 0.05) is 19.1 Å². The van der Waals surface area contributed by atoms with E-state index in [9.17, 15) is 0 Å². The Kier molecular flexibility index (Phi) is 5.30. The van der Waals surface area contributed by atoms with Gasteiger partial charge in [-0.1, -0.05) is 32.6 Å². The van der Waals surface area contributed by atoms with Gasteiger partial charge < -0.3 is 10.6 Å². The first-order valence-corrected chi connectivity index (χ1v) is 7.79. The molecule has 100 valence electrons. The molecule has 1 aliphatic carbocycles. The van der Waals surface area contributed by atoms with E-state index in [-0.39, 0.29) is 0 Å². The molecule has 1 saturated heterocycles. The minimum Gasteiger partial charge on any atom is -0.315 e. The summed E-state index contributed by atoms with van der Waals surface area (Å²) in [6.45, 7) is 6.02. The van der Waals surface area contributed by atoms with Crippen LogP contribution in [0.15, 0.2) is 0 Å². The molecule has 1 atom stereocenters. The Morgan fingerprint density at radius 1 is 1.12 bits per heavy atom. The summed E-state index contributed by atoms with van der Waals surface area (Å²) in [5, 5.41) is 7.43. The van der Waals surface area contributed by atoms with Crippen molar-refractivity contribution in [3.05, 3.63) is 0 Å². The van der Waals surface area contributed by atoms with Gasteiger partial charge in [0.1, 0.15) is 0 Å². The van der Waals surface area contributed by atoms with Gasteiger partial charge in [-0.15, -0.1) is 0 Å². The summed E-state index contributed by atoms with van der Waals surface area (Å²) >= 11 is 0. The van der Waals surface area contributed by atoms with E-state index >= 15 is 0 Å². The van der Waals surface area contributed by atoms with Crippen molar-refractivity contribution < 1.29 is 0 Å². The van der Waals surface area contributed by atoms with E-state index in [2.05, 4.69) is 17.6 Å². The first-order valence-electron chi connectivity index (χ1n) is 7.79. The van der Waals surface area contributed by atoms with Gasteiger partial charge >= 0.3 is 0 Å². The van der Waals surface area contributed by atoms with Crippen LogP contribution in [0.25, 0.3) is 0 Å². The van der Waals surface area contributed by atoms with E-state index in [0.717, 1.165) is 6.04 Å². The molecule has 0 bridgehead atoms. The standard InChI is InChI=1S/C15H30N2/c1-2-15(9-7-10-15)13-16-12-14-8-5-3-4-6-11-17-14/h14,16-17H,2-13H2,1H3. The molecule has 1 heterocycles. The Morgan fingerprint density at radius 2 is 1.94 bits per heavy atom. The smallest absolute Gasteiger partial charge is 0.0192 e. The molecule has 1 saturated carbocycles. The maximum absolute atomic E-state index is 3.73. The summed E-state index contributed by atoms with van der Waals surface area (Å²) < 4.78 is 0. The Hall–Kier alpha value is -0.0800. The maximum atomic E-state index is 3.73. The van der Waals surface area contributed by atoms with Crippen LogP contribution in [0.5, 0.6) is 0 Å². The van der Waals surface area contributed by atoms with Crippen molar-refractivity contribution in [1.82, 2.24) is 10.6 Å². The van der Waals surface area contributed by atoms with Crippen molar-refractivity contribution in [2.45, 2.75) is 70.8 Å². The lowest BCUT2D eigenvalue weighted by molar-refractivity contribution is 0.123. The van der Waals surface area contributed by atoms with Crippen molar-refractivity contribution in [3.8, 4) is 0 Å². The third-order valence-corrected chi connectivity index (χ3v) is 4.97. The van der Waals surface area contributed by atoms with Gasteiger partial charge in [-0.25, -0.2) is 0 Å². The first kappa shape index (κ1) is 13.4. The maximum Gasteiger partial charge on any atom is 0.0192 e. The first-order chi connectivity index (χ1) is 8.35. The minimum absolute atomic E-state index is 0.668. The largest absolute Gasteiger partial charge is 0.315 e. The number of rotatable bonds is 5. The van der Waals surface area contributed by atoms with Crippen molar-refractivity contribution in [2.24, 2.45) is 5.41 Å². The quantitative estimate of drug-likeness (QED) is 0.769. The van der Waals surface area contributed by atoms with Crippen LogP contribution in [-0.2, 0) is 0 Å². The van der Waals surface area contributed by atoms with Gasteiger partial charge in [-0.2, -0.15) is 0 Å². The molecule has 2 nitrogen and oxygen atoms in total. The lowest BCUT2D eigenvalue weighted by atomic mass is 9.67. The summed E-state index contributed by atoms with van der Waals surface area (Å²) in [7, 11) is 0. The molecule has 2 aliphatic rings. The number of hydrogen-bond donors (Lipinski definition) is 2. The highest BCUT2D eigenvalue weighted by Crippen LogP contribution is 2.42. The van der Waals surface area contributed by atoms with Crippen LogP contribution in [0.4, 0.5) is 0 Å². The summed E-state index contributed by atoms with van der Waals surface area (Å²) in [6, 6.07) is 0.726. The Balaban J connectivity index is 1.62. The van der Waals surface area contributed by atoms with E-state index in [1.165, 1.54) is 77.4 Å². The second-order valence-electron chi connectivity index (χ2n) is 6.19. The molecule has 0 aromatic carbocycles. The zero-order valence-electron chi connectivity index (χ0n) is 11.6. The van der Waals surface area contributed by atoms with Crippen LogP contribution in [0, 0.1) is 5.41 Å². The molecule has 1 unspecified atom stereocenters. The van der Waals surface area contributed by atoms with Gasteiger partial charge in [0.15, 0.2) is 0 Å². The molecule has 2 N–H and O–H groups in total. The second-order valence-corrected chi connectivity index (χ2v) is 6.19. The molecular weight excluding hydrogens is 208 g/mol. The molecular formula is C15H30N2. The third kappa shape index (κ3) is 3.96. The molecule has 0 aromatic heterocycles. The van der Waals surface area contributed by atoms with Gasteiger partial charge in [0.2, 0.25) is 0 Å². The van der Waals surface area contributed by atoms with E-state index < -0.39 is 0 Å². The van der Waals surface area contributed by atoms with Crippen LogP contribution in [-0.4, -0.2) is 25.7 Å². The van der Waals surface area contributed by atoms with Crippen molar-refractivity contribution in [3.63, 3.8) is 0 Å². The molecule has 17 heavy (non-hydrogen) atoms. The highest BCUT2D eigenvalue weighted by Gasteiger charge is 2.34. The van der Waals surface area contributed by atoms with Crippen LogP contribution in [0.3, 0.4) is 0 Å². The van der Waals surface area contributed by atoms with E-state index in [4.69, 9.17) is 0 Å². The van der Waals surface area contributed by atoms with Crippen molar-refractivity contribution >= 4 is 0 Å². The topological polar surface area (TPSA) is 24.1 Å². The van der Waals surface area contributed by atoms with Crippen LogP contribution in [0.2, 0.25) is 0 Å². The molecule has 2 fully saturated rings. The molecule has 2 rings (SSSR count). The van der Waals surface area contributed by atoms with Crippen molar-refractivity contribution in [1.29, 1.82) is 0 Å². The fourth-order valence-corrected chi connectivity index (χ4v) is 3.30. The average molecular weight is 238 g/mol. The molecule has 0 spiro atoms. The summed E-state index contributed by atoms with van der Waals surface area (Å²) in [5.74, 6) is 0. The Labute approximate surface area is 107 Å². The van der Waals surface area contributed by atoms with Crippen LogP contribution in [0.1, 0.15) is 64.7 Å². The Morgan fingerprint density at radius 3 is 2.65 bits per heavy atom. The highest BCUT2D eigenvalue weighted by molar-refractivity contribution is 4.88. The monoisotopic (exact) mass is 238 g/mol. The number of hydrogen-bond acceptors (Lipinski definition) is 2. The minimum atomic E-state index is 0.668. The highest BCUT2D eigenvalue weighted by atomic mass is 15.0. The van der Waals surface area contributed by atoms with E-state index in [1.807, 2.05) is 0 Å². The number of nitrogens with one attached hydrogen (secondary N) is 2. The zero-order chi connectivity index (χ0) is 12.0. The zero-order valence-corrected chi connectivity index (χ0v) is 11.6. The molecule has 1 aliphatic heterocycles. The molecule has 0 radical (unpaired) electrons. The van der Waals surface area contributed by atoms with E-state index in [1.54, 1.807) is 0 Å². The third-order valence-electron chi connectivity index (χ3n) is 4.97. The summed E-state index contributed by atoms with van der Waals surface area (Å²) in [5.41, 5.74) is 0.668. The lowest BCUT2D eigenvalue weighted by Gasteiger charge is -2.42. The summed E-state index contributed by atoms with van der Waals surface area (Å²) in [4.78, 5) is 0. The average Bonchev–Trinajstić information content (AvgIpc) is 2.24. The second kappa shape index (κ2) is 6.75. The van der Waals surface area contributed by atoms with Gasteiger partial charge in [-0.05, 0) is 44.1 Å². The van der Waals surface area contributed by atoms with E-state index in [0.29, 0.717) is 5.41 Å². The SMILES string of the molecule is CCC1(CNCC2CCCCCCN2)CCC1. The van der Waals surface area contributed by atoms with Gasteiger partial charge in [0.25, 0.3) is 0 Å². The predicted octanol–water partition coefficient (Wildman–Crippen LogP) is 3.08. The van der Waals surface area contributed by atoms with Crippen LogP contribution >= 0.6 is 0 Å². The summed E-state index contributed by atoms with van der Waals surface area (Å²) in [6.07, 6.45) is 12.7. The van der Waals surface area contributed by atoms with Gasteiger partial charge in [0.05, 0.1) is 0 Å². The van der Waals surface area contributed by atoms with Gasteiger partial charge in [-0.3, -0.25) is 0 Å². The molecule has 0 aromatic rings. The normalized spacial score (nSPS) is 29.1. The lowest BCUT2D eigenvalue weighted by Crippen LogP contribution is -2.45. The fourth-order valence-electron chi connectivity index (χ4n) is 3.30. The fraction of sp³-hybridized carbons (Fsp3) is 1.00. The molecule has 0 amide bonds.